The Morgan fingerprint density at radius 1 is 1.29 bits per heavy atom. The van der Waals surface area contributed by atoms with Gasteiger partial charge in [-0.1, -0.05) is 44.2 Å². The monoisotopic (exact) mass is 288 g/mol. The topological polar surface area (TPSA) is 49.4 Å². The van der Waals surface area contributed by atoms with Crippen molar-refractivity contribution in [1.29, 1.82) is 0 Å². The van der Waals surface area contributed by atoms with Gasteiger partial charge < -0.3 is 10.2 Å². The van der Waals surface area contributed by atoms with E-state index in [4.69, 9.17) is 0 Å². The molecule has 0 saturated carbocycles. The molecule has 0 bridgehead atoms. The third-order valence-electron chi connectivity index (χ3n) is 4.22. The molecule has 1 fully saturated rings. The molecular formula is C17H24N2O2. The summed E-state index contributed by atoms with van der Waals surface area (Å²) in [5.74, 6) is -0.0540. The molecule has 1 heterocycles. The standard InChI is InChI=1S/C17H24N2O2/c1-13(20)19-11-7-10-15(19)16(21)18-12-17(2,3)14-8-5-4-6-9-14/h4-6,8-9,15H,7,10-12H2,1-3H3,(H,18,21)/t15-/m0/s1. The molecule has 1 aromatic carbocycles. The zero-order chi connectivity index (χ0) is 15.5. The van der Waals surface area contributed by atoms with Crippen molar-refractivity contribution >= 4 is 11.8 Å². The van der Waals surface area contributed by atoms with Crippen LogP contribution in [0.25, 0.3) is 0 Å². The van der Waals surface area contributed by atoms with Gasteiger partial charge in [-0.25, -0.2) is 0 Å². The molecule has 0 radical (unpaired) electrons. The predicted molar refractivity (Wildman–Crippen MR) is 82.9 cm³/mol. The van der Waals surface area contributed by atoms with E-state index in [1.54, 1.807) is 4.90 Å². The first-order valence-corrected chi connectivity index (χ1v) is 7.52. The van der Waals surface area contributed by atoms with E-state index < -0.39 is 0 Å². The van der Waals surface area contributed by atoms with Crippen LogP contribution in [0, 0.1) is 0 Å². The van der Waals surface area contributed by atoms with Crippen LogP contribution in [-0.2, 0) is 15.0 Å². The highest BCUT2D eigenvalue weighted by Crippen LogP contribution is 2.22. The molecule has 1 aliphatic rings. The van der Waals surface area contributed by atoms with Gasteiger partial charge in [0.05, 0.1) is 0 Å². The van der Waals surface area contributed by atoms with Gasteiger partial charge in [-0.2, -0.15) is 0 Å². The second-order valence-electron chi connectivity index (χ2n) is 6.34. The number of hydrogen-bond acceptors (Lipinski definition) is 2. The van der Waals surface area contributed by atoms with Crippen LogP contribution >= 0.6 is 0 Å². The molecule has 4 nitrogen and oxygen atoms in total. The molecule has 1 N–H and O–H groups in total. The van der Waals surface area contributed by atoms with E-state index in [9.17, 15) is 9.59 Å². The lowest BCUT2D eigenvalue weighted by Gasteiger charge is -2.28. The second-order valence-corrected chi connectivity index (χ2v) is 6.34. The van der Waals surface area contributed by atoms with Crippen molar-refractivity contribution in [3.05, 3.63) is 35.9 Å². The van der Waals surface area contributed by atoms with Crippen LogP contribution in [0.3, 0.4) is 0 Å². The van der Waals surface area contributed by atoms with Gasteiger partial charge >= 0.3 is 0 Å². The summed E-state index contributed by atoms with van der Waals surface area (Å²) in [6, 6.07) is 9.85. The minimum Gasteiger partial charge on any atom is -0.353 e. The average Bonchev–Trinajstić information content (AvgIpc) is 2.95. The number of rotatable bonds is 4. The van der Waals surface area contributed by atoms with Crippen molar-refractivity contribution in [2.75, 3.05) is 13.1 Å². The lowest BCUT2D eigenvalue weighted by Crippen LogP contribution is -2.48. The number of nitrogens with one attached hydrogen (secondary N) is 1. The predicted octanol–water partition coefficient (Wildman–Crippen LogP) is 2.09. The maximum atomic E-state index is 12.3. The van der Waals surface area contributed by atoms with E-state index in [0.29, 0.717) is 13.1 Å². The van der Waals surface area contributed by atoms with Gasteiger partial charge in [-0.3, -0.25) is 9.59 Å². The van der Waals surface area contributed by atoms with Crippen molar-refractivity contribution in [2.45, 2.75) is 45.1 Å². The Balaban J connectivity index is 1.96. The fourth-order valence-corrected chi connectivity index (χ4v) is 2.83. The van der Waals surface area contributed by atoms with Crippen LogP contribution in [0.15, 0.2) is 30.3 Å². The van der Waals surface area contributed by atoms with E-state index in [-0.39, 0.29) is 23.3 Å². The SMILES string of the molecule is CC(=O)N1CCC[C@H]1C(=O)NCC(C)(C)c1ccccc1. The normalized spacial score (nSPS) is 18.6. The summed E-state index contributed by atoms with van der Waals surface area (Å²) < 4.78 is 0. The van der Waals surface area contributed by atoms with E-state index in [2.05, 4.69) is 31.3 Å². The summed E-state index contributed by atoms with van der Waals surface area (Å²) in [6.07, 6.45) is 1.66. The van der Waals surface area contributed by atoms with E-state index >= 15 is 0 Å². The number of carbonyl (C=O) groups excluding carboxylic acids is 2. The van der Waals surface area contributed by atoms with Crippen molar-refractivity contribution in [3.8, 4) is 0 Å². The van der Waals surface area contributed by atoms with Crippen LogP contribution in [0.4, 0.5) is 0 Å². The lowest BCUT2D eigenvalue weighted by atomic mass is 9.84. The molecule has 114 valence electrons. The van der Waals surface area contributed by atoms with Crippen LogP contribution < -0.4 is 5.32 Å². The van der Waals surface area contributed by atoms with Crippen LogP contribution in [0.1, 0.15) is 39.2 Å². The van der Waals surface area contributed by atoms with Gasteiger partial charge in [0, 0.05) is 25.4 Å². The molecule has 1 aromatic rings. The van der Waals surface area contributed by atoms with Crippen LogP contribution in [0.5, 0.6) is 0 Å². The molecule has 1 saturated heterocycles. The van der Waals surface area contributed by atoms with Gasteiger partial charge in [0.1, 0.15) is 6.04 Å². The number of carbonyl (C=O) groups is 2. The fourth-order valence-electron chi connectivity index (χ4n) is 2.83. The smallest absolute Gasteiger partial charge is 0.242 e. The molecule has 1 atom stereocenters. The third-order valence-corrected chi connectivity index (χ3v) is 4.22. The van der Waals surface area contributed by atoms with Crippen molar-refractivity contribution in [2.24, 2.45) is 0 Å². The molecule has 21 heavy (non-hydrogen) atoms. The zero-order valence-corrected chi connectivity index (χ0v) is 13.1. The van der Waals surface area contributed by atoms with Gasteiger partial charge in [0.15, 0.2) is 0 Å². The largest absolute Gasteiger partial charge is 0.353 e. The summed E-state index contributed by atoms with van der Waals surface area (Å²) in [4.78, 5) is 25.5. The van der Waals surface area contributed by atoms with Crippen molar-refractivity contribution in [1.82, 2.24) is 10.2 Å². The van der Waals surface area contributed by atoms with Crippen LogP contribution in [0.2, 0.25) is 0 Å². The van der Waals surface area contributed by atoms with Gasteiger partial charge in [-0.15, -0.1) is 0 Å². The zero-order valence-electron chi connectivity index (χ0n) is 13.1. The summed E-state index contributed by atoms with van der Waals surface area (Å²) in [5.41, 5.74) is 1.07. The summed E-state index contributed by atoms with van der Waals surface area (Å²) in [5, 5.41) is 3.02. The Kier molecular flexibility index (Phi) is 4.66. The Labute approximate surface area is 126 Å². The first kappa shape index (κ1) is 15.5. The number of amides is 2. The summed E-state index contributed by atoms with van der Waals surface area (Å²) in [7, 11) is 0. The molecule has 1 aliphatic heterocycles. The van der Waals surface area contributed by atoms with Gasteiger partial charge in [-0.05, 0) is 18.4 Å². The van der Waals surface area contributed by atoms with E-state index in [1.165, 1.54) is 12.5 Å². The number of likely N-dealkylation sites (tertiary alicyclic amines) is 1. The Hall–Kier alpha value is -1.84. The highest BCUT2D eigenvalue weighted by atomic mass is 16.2. The molecule has 0 aliphatic carbocycles. The van der Waals surface area contributed by atoms with Crippen molar-refractivity contribution < 1.29 is 9.59 Å². The Morgan fingerprint density at radius 3 is 2.57 bits per heavy atom. The van der Waals surface area contributed by atoms with Gasteiger partial charge in [0.2, 0.25) is 11.8 Å². The fraction of sp³-hybridized carbons (Fsp3) is 0.529. The number of benzene rings is 1. The number of hydrogen-bond donors (Lipinski definition) is 1. The molecule has 0 aromatic heterocycles. The highest BCUT2D eigenvalue weighted by Gasteiger charge is 2.33. The maximum absolute atomic E-state index is 12.3. The van der Waals surface area contributed by atoms with E-state index in [1.807, 2.05) is 18.2 Å². The minimum absolute atomic E-state index is 0.0185. The number of nitrogens with zero attached hydrogens (tertiary/aromatic N) is 1. The molecule has 0 spiro atoms. The maximum Gasteiger partial charge on any atom is 0.242 e. The quantitative estimate of drug-likeness (QED) is 0.922. The first-order valence-electron chi connectivity index (χ1n) is 7.52. The summed E-state index contributed by atoms with van der Waals surface area (Å²) in [6.45, 7) is 7.01. The molecule has 4 heteroatoms. The molecular weight excluding hydrogens is 264 g/mol. The highest BCUT2D eigenvalue weighted by molar-refractivity contribution is 5.87. The minimum atomic E-state index is -0.297. The van der Waals surface area contributed by atoms with Gasteiger partial charge in [0.25, 0.3) is 0 Å². The Morgan fingerprint density at radius 2 is 1.95 bits per heavy atom. The molecule has 0 unspecified atom stereocenters. The van der Waals surface area contributed by atoms with Crippen molar-refractivity contribution in [3.63, 3.8) is 0 Å². The summed E-state index contributed by atoms with van der Waals surface area (Å²) >= 11 is 0. The molecule has 2 rings (SSSR count). The lowest BCUT2D eigenvalue weighted by molar-refractivity contribution is -0.136. The second kappa shape index (κ2) is 6.29. The third kappa shape index (κ3) is 3.63. The first-order chi connectivity index (χ1) is 9.92. The Bertz CT molecular complexity index is 511. The molecule has 2 amide bonds. The van der Waals surface area contributed by atoms with E-state index in [0.717, 1.165) is 12.8 Å². The van der Waals surface area contributed by atoms with Crippen LogP contribution in [-0.4, -0.2) is 35.8 Å². The average molecular weight is 288 g/mol.